The Labute approximate surface area is 169 Å². The number of nitrogens with zero attached hydrogens (tertiary/aromatic N) is 3. The van der Waals surface area contributed by atoms with Gasteiger partial charge in [-0.25, -0.2) is 0 Å². The minimum absolute atomic E-state index is 0.0579. The van der Waals surface area contributed by atoms with Crippen molar-refractivity contribution >= 4 is 17.5 Å². The first kappa shape index (κ1) is 19.9. The number of amides is 1. The molecule has 28 heavy (non-hydrogen) atoms. The van der Waals surface area contributed by atoms with E-state index in [1.54, 1.807) is 36.2 Å². The van der Waals surface area contributed by atoms with Gasteiger partial charge < -0.3 is 14.2 Å². The van der Waals surface area contributed by atoms with Gasteiger partial charge in [0.05, 0.1) is 6.54 Å². The Bertz CT molecular complexity index is 881. The van der Waals surface area contributed by atoms with Crippen LogP contribution < -0.4 is 4.74 Å². The van der Waals surface area contributed by atoms with Crippen LogP contribution in [0.3, 0.4) is 0 Å². The maximum absolute atomic E-state index is 12.2. The molecule has 0 bridgehead atoms. The lowest BCUT2D eigenvalue weighted by Gasteiger charge is -2.17. The number of likely N-dealkylation sites (N-methyl/N-ethyl adjacent to an activating group) is 1. The Hall–Kier alpha value is -2.86. The normalized spacial score (nSPS) is 10.6. The summed E-state index contributed by atoms with van der Waals surface area (Å²) in [6.07, 6.45) is 1.64. The van der Waals surface area contributed by atoms with Gasteiger partial charge in [0, 0.05) is 30.5 Å². The molecule has 0 fully saturated rings. The zero-order valence-corrected chi connectivity index (χ0v) is 16.4. The van der Waals surface area contributed by atoms with Crippen LogP contribution in [0.4, 0.5) is 0 Å². The summed E-state index contributed by atoms with van der Waals surface area (Å²) in [6, 6.07) is 16.8. The number of aryl methyl sites for hydroxylation is 1. The molecule has 1 aromatic heterocycles. The highest BCUT2D eigenvalue weighted by atomic mass is 35.5. The van der Waals surface area contributed by atoms with Gasteiger partial charge in [-0.2, -0.15) is 4.98 Å². The molecule has 0 radical (unpaired) electrons. The number of benzene rings is 2. The lowest BCUT2D eigenvalue weighted by molar-refractivity contribution is -0.130. The minimum atomic E-state index is 0.0579. The van der Waals surface area contributed by atoms with E-state index >= 15 is 0 Å². The first-order chi connectivity index (χ1) is 13.6. The van der Waals surface area contributed by atoms with Crippen LogP contribution in [0.5, 0.6) is 5.75 Å². The summed E-state index contributed by atoms with van der Waals surface area (Å²) in [5.41, 5.74) is 0.911. The Balaban J connectivity index is 1.37. The number of carbonyl (C=O) groups excluding carboxylic acids is 1. The van der Waals surface area contributed by atoms with Crippen LogP contribution >= 0.6 is 11.6 Å². The molecule has 2 aromatic carbocycles. The largest absolute Gasteiger partial charge is 0.492 e. The van der Waals surface area contributed by atoms with Gasteiger partial charge in [-0.1, -0.05) is 47.1 Å². The van der Waals surface area contributed by atoms with E-state index in [2.05, 4.69) is 10.1 Å². The maximum atomic E-state index is 12.2. The van der Waals surface area contributed by atoms with E-state index in [1.165, 1.54) is 0 Å². The predicted octanol–water partition coefficient (Wildman–Crippen LogP) is 4.25. The van der Waals surface area contributed by atoms with Gasteiger partial charge in [-0.05, 0) is 30.7 Å². The highest BCUT2D eigenvalue weighted by Crippen LogP contribution is 2.16. The van der Waals surface area contributed by atoms with Gasteiger partial charge in [0.2, 0.25) is 17.6 Å². The number of aromatic nitrogens is 2. The van der Waals surface area contributed by atoms with E-state index < -0.39 is 0 Å². The van der Waals surface area contributed by atoms with Gasteiger partial charge in [0.15, 0.2) is 0 Å². The fraction of sp³-hybridized carbons (Fsp3) is 0.286. The molecule has 0 saturated carbocycles. The molecule has 1 heterocycles. The minimum Gasteiger partial charge on any atom is -0.492 e. The van der Waals surface area contributed by atoms with E-state index in [9.17, 15) is 4.79 Å². The van der Waals surface area contributed by atoms with E-state index in [1.807, 2.05) is 30.3 Å². The Morgan fingerprint density at radius 1 is 1.14 bits per heavy atom. The molecule has 0 unspecified atom stereocenters. The van der Waals surface area contributed by atoms with Gasteiger partial charge in [-0.3, -0.25) is 4.79 Å². The molecule has 3 rings (SSSR count). The molecular weight excluding hydrogens is 378 g/mol. The second kappa shape index (κ2) is 9.90. The summed E-state index contributed by atoms with van der Waals surface area (Å²) < 4.78 is 10.9. The van der Waals surface area contributed by atoms with Crippen LogP contribution in [0, 0.1) is 0 Å². The molecule has 0 N–H and O–H groups in total. The van der Waals surface area contributed by atoms with Crippen molar-refractivity contribution in [1.29, 1.82) is 0 Å². The molecule has 6 nitrogen and oxygen atoms in total. The van der Waals surface area contributed by atoms with Gasteiger partial charge >= 0.3 is 0 Å². The third kappa shape index (κ3) is 5.82. The summed E-state index contributed by atoms with van der Waals surface area (Å²) >= 11 is 5.84. The predicted molar refractivity (Wildman–Crippen MR) is 107 cm³/mol. The third-order valence-corrected chi connectivity index (χ3v) is 4.47. The van der Waals surface area contributed by atoms with Gasteiger partial charge in [0.1, 0.15) is 12.4 Å². The highest BCUT2D eigenvalue weighted by Gasteiger charge is 2.12. The zero-order valence-electron chi connectivity index (χ0n) is 15.7. The first-order valence-corrected chi connectivity index (χ1v) is 9.50. The summed E-state index contributed by atoms with van der Waals surface area (Å²) in [5.74, 6) is 1.90. The fourth-order valence-corrected chi connectivity index (χ4v) is 2.72. The quantitative estimate of drug-likeness (QED) is 0.538. The highest BCUT2D eigenvalue weighted by molar-refractivity contribution is 6.30. The van der Waals surface area contributed by atoms with Crippen molar-refractivity contribution in [2.45, 2.75) is 19.3 Å². The fourth-order valence-electron chi connectivity index (χ4n) is 2.60. The van der Waals surface area contributed by atoms with Crippen molar-refractivity contribution in [2.75, 3.05) is 20.2 Å². The molecule has 0 aliphatic carbocycles. The number of carbonyl (C=O) groups is 1. The Morgan fingerprint density at radius 2 is 1.89 bits per heavy atom. The number of hydrogen-bond donors (Lipinski definition) is 0. The van der Waals surface area contributed by atoms with Crippen LogP contribution in [0.2, 0.25) is 5.02 Å². The molecule has 0 spiro atoms. The first-order valence-electron chi connectivity index (χ1n) is 9.12. The van der Waals surface area contributed by atoms with Crippen LogP contribution in [0.15, 0.2) is 59.1 Å². The topological polar surface area (TPSA) is 68.5 Å². The molecule has 146 valence electrons. The van der Waals surface area contributed by atoms with Crippen molar-refractivity contribution in [1.82, 2.24) is 15.0 Å². The van der Waals surface area contributed by atoms with Crippen LogP contribution in [0.25, 0.3) is 11.4 Å². The number of halogens is 1. The molecule has 0 aliphatic rings. The average molecular weight is 400 g/mol. The van der Waals surface area contributed by atoms with Crippen molar-refractivity contribution in [3.63, 3.8) is 0 Å². The van der Waals surface area contributed by atoms with Crippen LogP contribution in [0.1, 0.15) is 18.7 Å². The molecular formula is C21H22ClN3O3. The molecule has 1 amide bonds. The Kier molecular flexibility index (Phi) is 7.03. The van der Waals surface area contributed by atoms with E-state index in [0.717, 1.165) is 11.3 Å². The van der Waals surface area contributed by atoms with Crippen molar-refractivity contribution in [3.8, 4) is 17.1 Å². The van der Waals surface area contributed by atoms with E-state index in [0.29, 0.717) is 49.2 Å². The number of ether oxygens (including phenoxy) is 1. The van der Waals surface area contributed by atoms with Gasteiger partial charge in [-0.15, -0.1) is 0 Å². The third-order valence-electron chi connectivity index (χ3n) is 4.22. The molecule has 7 heteroatoms. The molecule has 0 aliphatic heterocycles. The smallest absolute Gasteiger partial charge is 0.226 e. The molecule has 0 atom stereocenters. The van der Waals surface area contributed by atoms with Gasteiger partial charge in [0.25, 0.3) is 0 Å². The SMILES string of the molecule is CN(CCOc1ccc(Cl)cc1)C(=O)CCCc1nc(-c2ccccc2)no1. The number of rotatable bonds is 9. The lowest BCUT2D eigenvalue weighted by atomic mass is 10.2. The maximum Gasteiger partial charge on any atom is 0.226 e. The second-order valence-electron chi connectivity index (χ2n) is 6.35. The van der Waals surface area contributed by atoms with Crippen molar-refractivity contribution < 1.29 is 14.1 Å². The molecule has 3 aromatic rings. The monoisotopic (exact) mass is 399 g/mol. The van der Waals surface area contributed by atoms with E-state index in [-0.39, 0.29) is 5.91 Å². The summed E-state index contributed by atoms with van der Waals surface area (Å²) in [7, 11) is 1.77. The summed E-state index contributed by atoms with van der Waals surface area (Å²) in [5, 5.41) is 4.65. The van der Waals surface area contributed by atoms with Crippen LogP contribution in [-0.4, -0.2) is 41.1 Å². The zero-order chi connectivity index (χ0) is 19.8. The Morgan fingerprint density at radius 3 is 2.64 bits per heavy atom. The summed E-state index contributed by atoms with van der Waals surface area (Å²) in [6.45, 7) is 0.939. The lowest BCUT2D eigenvalue weighted by Crippen LogP contribution is -2.30. The van der Waals surface area contributed by atoms with Crippen molar-refractivity contribution in [2.24, 2.45) is 0 Å². The van der Waals surface area contributed by atoms with E-state index in [4.69, 9.17) is 20.9 Å². The average Bonchev–Trinajstić information content (AvgIpc) is 3.19. The molecule has 0 saturated heterocycles. The second-order valence-corrected chi connectivity index (χ2v) is 6.79. The standard InChI is InChI=1S/C21H22ClN3O3/c1-25(14-15-27-18-12-10-17(22)11-13-18)20(26)9-5-8-19-23-21(24-28-19)16-6-3-2-4-7-16/h2-4,6-7,10-13H,5,8-9,14-15H2,1H3. The summed E-state index contributed by atoms with van der Waals surface area (Å²) in [4.78, 5) is 18.3. The van der Waals surface area contributed by atoms with Crippen LogP contribution in [-0.2, 0) is 11.2 Å². The van der Waals surface area contributed by atoms with Crippen molar-refractivity contribution in [3.05, 3.63) is 65.5 Å². The number of hydrogen-bond acceptors (Lipinski definition) is 5.